The van der Waals surface area contributed by atoms with Crippen molar-refractivity contribution in [2.45, 2.75) is 6.92 Å². The molecule has 1 aromatic rings. The number of amides is 1. The number of nitrogens with one attached hydrogen (secondary N) is 1. The average Bonchev–Trinajstić information content (AvgIpc) is 2.17. The summed E-state index contributed by atoms with van der Waals surface area (Å²) in [6.07, 6.45) is 1.56. The lowest BCUT2D eigenvalue weighted by atomic mass is 10.4. The highest BCUT2D eigenvalue weighted by atomic mass is 79.9. The third-order valence-corrected chi connectivity index (χ3v) is 2.54. The highest BCUT2D eigenvalue weighted by Crippen LogP contribution is 2.24. The van der Waals surface area contributed by atoms with Crippen LogP contribution in [0.2, 0.25) is 0 Å². The Hall–Kier alpha value is -1.30. The van der Waals surface area contributed by atoms with Gasteiger partial charge in [-0.3, -0.25) is 4.79 Å². The zero-order valence-corrected chi connectivity index (χ0v) is 10.9. The first-order chi connectivity index (χ1) is 7.54. The van der Waals surface area contributed by atoms with Crippen molar-refractivity contribution in [1.29, 1.82) is 0 Å². The number of hydrogen-bond acceptors (Lipinski definition) is 4. The van der Waals surface area contributed by atoms with Gasteiger partial charge in [-0.1, -0.05) is 0 Å². The molecule has 0 aliphatic carbocycles. The van der Waals surface area contributed by atoms with Crippen LogP contribution in [0.5, 0.6) is 0 Å². The maximum Gasteiger partial charge on any atom is 0.239 e. The molecule has 0 saturated carbocycles. The van der Waals surface area contributed by atoms with Gasteiger partial charge in [0.05, 0.1) is 22.9 Å². The van der Waals surface area contributed by atoms with Crippen molar-refractivity contribution in [3.05, 3.63) is 16.7 Å². The number of nitrogens with two attached hydrogens (primary N) is 1. The summed E-state index contributed by atoms with van der Waals surface area (Å²) in [5.74, 6) is 0.663. The van der Waals surface area contributed by atoms with E-state index >= 15 is 0 Å². The molecule has 0 spiro atoms. The second-order valence-corrected chi connectivity index (χ2v) is 4.24. The van der Waals surface area contributed by atoms with E-state index in [-0.39, 0.29) is 12.5 Å². The molecule has 1 rings (SSSR count). The highest BCUT2D eigenvalue weighted by molar-refractivity contribution is 9.10. The van der Waals surface area contributed by atoms with Crippen molar-refractivity contribution < 1.29 is 4.79 Å². The minimum atomic E-state index is -0.0319. The molecule has 88 valence electrons. The second kappa shape index (κ2) is 5.69. The normalized spacial score (nSPS) is 9.94. The molecule has 0 aromatic carbocycles. The summed E-state index contributed by atoms with van der Waals surface area (Å²) in [5.41, 5.74) is 6.17. The first kappa shape index (κ1) is 12.8. The van der Waals surface area contributed by atoms with Gasteiger partial charge in [0.15, 0.2) is 0 Å². The number of hydrogen-bond donors (Lipinski definition) is 2. The molecule has 1 aromatic heterocycles. The zero-order valence-electron chi connectivity index (χ0n) is 9.33. The van der Waals surface area contributed by atoms with Crippen LogP contribution in [0, 0.1) is 0 Å². The Morgan fingerprint density at radius 3 is 2.94 bits per heavy atom. The molecule has 0 radical (unpaired) electrons. The van der Waals surface area contributed by atoms with Crippen molar-refractivity contribution in [3.63, 3.8) is 0 Å². The Morgan fingerprint density at radius 1 is 1.69 bits per heavy atom. The van der Waals surface area contributed by atoms with Gasteiger partial charge in [-0.05, 0) is 28.9 Å². The number of carbonyl (C=O) groups excluding carboxylic acids is 1. The molecule has 1 amide bonds. The van der Waals surface area contributed by atoms with Crippen molar-refractivity contribution >= 4 is 33.3 Å². The maximum absolute atomic E-state index is 11.4. The van der Waals surface area contributed by atoms with E-state index in [2.05, 4.69) is 26.2 Å². The summed E-state index contributed by atoms with van der Waals surface area (Å²) >= 11 is 3.36. The fraction of sp³-hybridized carbons (Fsp3) is 0.400. The number of aromatic nitrogens is 1. The van der Waals surface area contributed by atoms with Crippen LogP contribution >= 0.6 is 15.9 Å². The number of rotatable bonds is 4. The van der Waals surface area contributed by atoms with E-state index in [4.69, 9.17) is 5.73 Å². The maximum atomic E-state index is 11.4. The number of nitrogens with zero attached hydrogens (tertiary/aromatic N) is 2. The average molecular weight is 287 g/mol. The van der Waals surface area contributed by atoms with E-state index in [1.807, 2.05) is 6.92 Å². The van der Waals surface area contributed by atoms with E-state index in [1.54, 1.807) is 24.2 Å². The van der Waals surface area contributed by atoms with Gasteiger partial charge in [0.25, 0.3) is 0 Å². The summed E-state index contributed by atoms with van der Waals surface area (Å²) < 4.78 is 0.777. The first-order valence-corrected chi connectivity index (χ1v) is 5.72. The van der Waals surface area contributed by atoms with Crippen LogP contribution in [0.4, 0.5) is 11.5 Å². The largest absolute Gasteiger partial charge is 0.397 e. The second-order valence-electron chi connectivity index (χ2n) is 3.38. The Morgan fingerprint density at radius 2 is 2.38 bits per heavy atom. The molecule has 5 nitrogen and oxygen atoms in total. The Balaban J connectivity index is 2.72. The van der Waals surface area contributed by atoms with E-state index in [1.165, 1.54) is 0 Å². The minimum Gasteiger partial charge on any atom is -0.397 e. The van der Waals surface area contributed by atoms with Crippen LogP contribution in [-0.4, -0.2) is 31.0 Å². The number of nitrogen functional groups attached to an aromatic ring is 1. The zero-order chi connectivity index (χ0) is 12.1. The summed E-state index contributed by atoms with van der Waals surface area (Å²) in [7, 11) is 1.80. The molecule has 1 heterocycles. The van der Waals surface area contributed by atoms with Crippen LogP contribution in [0.1, 0.15) is 6.92 Å². The van der Waals surface area contributed by atoms with Gasteiger partial charge in [-0.2, -0.15) is 0 Å². The third-order valence-electron chi connectivity index (χ3n) is 1.96. The smallest absolute Gasteiger partial charge is 0.239 e. The van der Waals surface area contributed by atoms with Crippen LogP contribution in [0.3, 0.4) is 0 Å². The van der Waals surface area contributed by atoms with E-state index in [0.29, 0.717) is 18.1 Å². The molecular weight excluding hydrogens is 272 g/mol. The predicted octanol–water partition coefficient (Wildman–Crippen LogP) is 0.999. The fourth-order valence-corrected chi connectivity index (χ4v) is 1.94. The van der Waals surface area contributed by atoms with Crippen LogP contribution < -0.4 is 16.0 Å². The number of likely N-dealkylation sites (N-methyl/N-ethyl adjacent to an activating group) is 2. The standard InChI is InChI=1S/C10H15BrN4O/c1-3-13-9(16)6-15(2)10-8(11)4-7(12)5-14-10/h4-5H,3,6,12H2,1-2H3,(H,13,16). The van der Waals surface area contributed by atoms with E-state index < -0.39 is 0 Å². The summed E-state index contributed by atoms with van der Waals surface area (Å²) in [4.78, 5) is 17.3. The quantitative estimate of drug-likeness (QED) is 0.866. The Kier molecular flexibility index (Phi) is 4.54. The van der Waals surface area contributed by atoms with E-state index in [9.17, 15) is 4.79 Å². The molecule has 0 unspecified atom stereocenters. The van der Waals surface area contributed by atoms with Crippen LogP contribution in [-0.2, 0) is 4.79 Å². The van der Waals surface area contributed by atoms with E-state index in [0.717, 1.165) is 4.47 Å². The van der Waals surface area contributed by atoms with Gasteiger partial charge in [0, 0.05) is 13.6 Å². The monoisotopic (exact) mass is 286 g/mol. The molecule has 0 atom stereocenters. The molecule has 0 saturated heterocycles. The molecule has 16 heavy (non-hydrogen) atoms. The molecule has 0 bridgehead atoms. The molecule has 3 N–H and O–H groups in total. The fourth-order valence-electron chi connectivity index (χ4n) is 1.27. The predicted molar refractivity (Wildman–Crippen MR) is 68.3 cm³/mol. The van der Waals surface area contributed by atoms with Crippen molar-refractivity contribution in [2.24, 2.45) is 0 Å². The lowest BCUT2D eigenvalue weighted by molar-refractivity contribution is -0.119. The van der Waals surface area contributed by atoms with Crippen molar-refractivity contribution in [3.8, 4) is 0 Å². The van der Waals surface area contributed by atoms with Gasteiger partial charge in [0.1, 0.15) is 5.82 Å². The van der Waals surface area contributed by atoms with Gasteiger partial charge < -0.3 is 16.0 Å². The van der Waals surface area contributed by atoms with Gasteiger partial charge in [-0.25, -0.2) is 4.98 Å². The molecule has 6 heteroatoms. The van der Waals surface area contributed by atoms with Gasteiger partial charge in [0.2, 0.25) is 5.91 Å². The number of anilines is 2. The third kappa shape index (κ3) is 3.37. The van der Waals surface area contributed by atoms with Crippen molar-refractivity contribution in [2.75, 3.05) is 30.8 Å². The van der Waals surface area contributed by atoms with Crippen LogP contribution in [0.15, 0.2) is 16.7 Å². The Labute approximate surface area is 103 Å². The number of carbonyl (C=O) groups is 1. The van der Waals surface area contributed by atoms with Crippen molar-refractivity contribution in [1.82, 2.24) is 10.3 Å². The minimum absolute atomic E-state index is 0.0319. The Bertz CT molecular complexity index is 383. The molecule has 0 fully saturated rings. The summed E-state index contributed by atoms with van der Waals surface area (Å²) in [6.45, 7) is 2.78. The SMILES string of the molecule is CCNC(=O)CN(C)c1ncc(N)cc1Br. The summed E-state index contributed by atoms with van der Waals surface area (Å²) in [6, 6.07) is 1.76. The first-order valence-electron chi connectivity index (χ1n) is 4.93. The molecule has 0 aliphatic rings. The lowest BCUT2D eigenvalue weighted by Gasteiger charge is -2.18. The lowest BCUT2D eigenvalue weighted by Crippen LogP contribution is -2.35. The topological polar surface area (TPSA) is 71.2 Å². The number of pyridine rings is 1. The molecule has 0 aliphatic heterocycles. The number of halogens is 1. The highest BCUT2D eigenvalue weighted by Gasteiger charge is 2.10. The van der Waals surface area contributed by atoms with Gasteiger partial charge in [-0.15, -0.1) is 0 Å². The molecular formula is C10H15BrN4O. The van der Waals surface area contributed by atoms with Gasteiger partial charge >= 0.3 is 0 Å². The van der Waals surface area contributed by atoms with Crippen LogP contribution in [0.25, 0.3) is 0 Å². The summed E-state index contributed by atoms with van der Waals surface area (Å²) in [5, 5.41) is 2.73.